The number of fused-ring (bicyclic) bond motifs is 1. The minimum atomic E-state index is 0.0373. The molecule has 0 radical (unpaired) electrons. The summed E-state index contributed by atoms with van der Waals surface area (Å²) in [5.41, 5.74) is 6.26. The monoisotopic (exact) mass is 386 g/mol. The first kappa shape index (κ1) is 19.0. The van der Waals surface area contributed by atoms with Crippen LogP contribution in [0.15, 0.2) is 60.8 Å². The molecule has 4 rings (SSSR count). The topological polar surface area (TPSA) is 62.7 Å². The van der Waals surface area contributed by atoms with Crippen molar-refractivity contribution in [3.05, 3.63) is 83.3 Å². The van der Waals surface area contributed by atoms with Crippen molar-refractivity contribution in [2.24, 2.45) is 0 Å². The minimum Gasteiger partial charge on any atom is -0.361 e. The highest BCUT2D eigenvalue weighted by Crippen LogP contribution is 2.22. The highest BCUT2D eigenvalue weighted by Gasteiger charge is 2.14. The number of rotatable bonds is 7. The van der Waals surface area contributed by atoms with Crippen molar-refractivity contribution in [2.75, 3.05) is 5.32 Å². The van der Waals surface area contributed by atoms with Gasteiger partial charge in [0, 0.05) is 23.5 Å². The van der Waals surface area contributed by atoms with E-state index in [0.29, 0.717) is 13.0 Å². The average Bonchev–Trinajstić information content (AvgIpc) is 3.25. The third-order valence-electron chi connectivity index (χ3n) is 5.35. The molecule has 2 heterocycles. The van der Waals surface area contributed by atoms with Gasteiger partial charge in [-0.15, -0.1) is 0 Å². The Morgan fingerprint density at radius 2 is 1.83 bits per heavy atom. The maximum Gasteiger partial charge on any atom is 0.224 e. The van der Waals surface area contributed by atoms with Crippen molar-refractivity contribution in [2.45, 2.75) is 39.7 Å². The molecule has 0 spiro atoms. The fraction of sp³-hybridized carbons (Fsp3) is 0.250. The highest BCUT2D eigenvalue weighted by molar-refractivity contribution is 5.92. The van der Waals surface area contributed by atoms with Crippen molar-refractivity contribution >= 4 is 22.5 Å². The van der Waals surface area contributed by atoms with Crippen molar-refractivity contribution in [3.8, 4) is 0 Å². The van der Waals surface area contributed by atoms with Crippen LogP contribution in [0.3, 0.4) is 0 Å². The summed E-state index contributed by atoms with van der Waals surface area (Å²) in [5.74, 6) is 0.0373. The summed E-state index contributed by atoms with van der Waals surface area (Å²) in [6.45, 7) is 4.64. The van der Waals surface area contributed by atoms with E-state index >= 15 is 0 Å². The number of nitrogens with one attached hydrogen (secondary N) is 2. The Hall–Kier alpha value is -3.34. The average molecular weight is 386 g/mol. The van der Waals surface area contributed by atoms with Crippen LogP contribution >= 0.6 is 0 Å². The Morgan fingerprint density at radius 1 is 1.07 bits per heavy atom. The number of anilines is 1. The number of hydrogen-bond donors (Lipinski definition) is 2. The Labute approximate surface area is 170 Å². The molecule has 148 valence electrons. The van der Waals surface area contributed by atoms with E-state index in [2.05, 4.69) is 39.7 Å². The molecule has 0 saturated heterocycles. The van der Waals surface area contributed by atoms with Crippen molar-refractivity contribution in [1.29, 1.82) is 0 Å². The standard InChI is InChI=1S/C24H26N4O/c1-17-24(18(2)28(27-17)16-19-9-4-3-5-10-19)26-23(29)14-8-11-20-15-25-22-13-7-6-12-21(20)22/h3-7,9-10,12-13,15,25H,8,11,14,16H2,1-2H3,(H,26,29). The van der Waals surface area contributed by atoms with Gasteiger partial charge in [0.15, 0.2) is 0 Å². The maximum absolute atomic E-state index is 12.5. The SMILES string of the molecule is Cc1nn(Cc2ccccc2)c(C)c1NC(=O)CCCc1c[nH]c2ccccc12. The van der Waals surface area contributed by atoms with E-state index in [1.54, 1.807) is 0 Å². The molecule has 2 N–H and O–H groups in total. The summed E-state index contributed by atoms with van der Waals surface area (Å²) in [5, 5.41) is 8.92. The molecular weight excluding hydrogens is 360 g/mol. The summed E-state index contributed by atoms with van der Waals surface area (Å²) >= 11 is 0. The quantitative estimate of drug-likeness (QED) is 0.470. The van der Waals surface area contributed by atoms with Gasteiger partial charge in [-0.25, -0.2) is 0 Å². The minimum absolute atomic E-state index is 0.0373. The lowest BCUT2D eigenvalue weighted by atomic mass is 10.1. The van der Waals surface area contributed by atoms with Gasteiger partial charge in [0.1, 0.15) is 0 Å². The number of H-pyrrole nitrogens is 1. The van der Waals surface area contributed by atoms with Crippen LogP contribution in [-0.4, -0.2) is 20.7 Å². The molecule has 0 fully saturated rings. The zero-order valence-electron chi connectivity index (χ0n) is 16.9. The first-order valence-electron chi connectivity index (χ1n) is 10.0. The number of amides is 1. The van der Waals surface area contributed by atoms with Gasteiger partial charge < -0.3 is 10.3 Å². The van der Waals surface area contributed by atoms with E-state index in [9.17, 15) is 4.79 Å². The summed E-state index contributed by atoms with van der Waals surface area (Å²) < 4.78 is 1.95. The molecule has 0 aliphatic rings. The number of aromatic amines is 1. The van der Waals surface area contributed by atoms with E-state index in [1.807, 2.05) is 55.1 Å². The van der Waals surface area contributed by atoms with E-state index < -0.39 is 0 Å². The smallest absolute Gasteiger partial charge is 0.224 e. The maximum atomic E-state index is 12.5. The van der Waals surface area contributed by atoms with Crippen molar-refractivity contribution in [1.82, 2.24) is 14.8 Å². The molecule has 2 aromatic heterocycles. The third kappa shape index (κ3) is 4.24. The number of nitrogens with zero attached hydrogens (tertiary/aromatic N) is 2. The summed E-state index contributed by atoms with van der Waals surface area (Å²) in [6, 6.07) is 18.5. The number of carbonyl (C=O) groups excluding carboxylic acids is 1. The van der Waals surface area contributed by atoms with Crippen LogP contribution in [-0.2, 0) is 17.8 Å². The number of hydrogen-bond acceptors (Lipinski definition) is 2. The summed E-state index contributed by atoms with van der Waals surface area (Å²) in [6.07, 6.45) is 4.22. The Balaban J connectivity index is 1.36. The molecule has 0 aliphatic heterocycles. The van der Waals surface area contributed by atoms with Crippen molar-refractivity contribution in [3.63, 3.8) is 0 Å². The van der Waals surface area contributed by atoms with Crippen molar-refractivity contribution < 1.29 is 4.79 Å². The van der Waals surface area contributed by atoms with Gasteiger partial charge >= 0.3 is 0 Å². The van der Waals surface area contributed by atoms with Crippen LogP contribution in [0.2, 0.25) is 0 Å². The number of para-hydroxylation sites is 1. The van der Waals surface area contributed by atoms with Crippen LogP contribution < -0.4 is 5.32 Å². The fourth-order valence-corrected chi connectivity index (χ4v) is 3.77. The molecule has 0 bridgehead atoms. The molecule has 0 aliphatic carbocycles. The molecule has 0 unspecified atom stereocenters. The predicted octanol–water partition coefficient (Wildman–Crippen LogP) is 4.99. The van der Waals surface area contributed by atoms with Gasteiger partial charge in [0.25, 0.3) is 0 Å². The molecule has 4 aromatic rings. The lowest BCUT2D eigenvalue weighted by Gasteiger charge is -2.07. The van der Waals surface area contributed by atoms with Crippen LogP contribution in [0.4, 0.5) is 5.69 Å². The van der Waals surface area contributed by atoms with Crippen LogP contribution in [0.25, 0.3) is 10.9 Å². The van der Waals surface area contributed by atoms with Crippen LogP contribution in [0, 0.1) is 13.8 Å². The van der Waals surface area contributed by atoms with E-state index in [1.165, 1.54) is 16.5 Å². The zero-order chi connectivity index (χ0) is 20.2. The van der Waals surface area contributed by atoms with Gasteiger partial charge in [-0.2, -0.15) is 5.10 Å². The normalized spacial score (nSPS) is 11.1. The second-order valence-electron chi connectivity index (χ2n) is 7.45. The van der Waals surface area contributed by atoms with Crippen LogP contribution in [0.1, 0.15) is 35.4 Å². The third-order valence-corrected chi connectivity index (χ3v) is 5.35. The summed E-state index contributed by atoms with van der Waals surface area (Å²) in [4.78, 5) is 15.8. The zero-order valence-corrected chi connectivity index (χ0v) is 16.9. The Morgan fingerprint density at radius 3 is 2.66 bits per heavy atom. The van der Waals surface area contributed by atoms with Gasteiger partial charge in [0.05, 0.1) is 23.6 Å². The molecular formula is C24H26N4O. The van der Waals surface area contributed by atoms with Crippen LogP contribution in [0.5, 0.6) is 0 Å². The predicted molar refractivity (Wildman–Crippen MR) is 117 cm³/mol. The largest absolute Gasteiger partial charge is 0.361 e. The molecule has 5 heteroatoms. The van der Waals surface area contributed by atoms with E-state index in [0.717, 1.165) is 35.4 Å². The van der Waals surface area contributed by atoms with Gasteiger partial charge in [-0.1, -0.05) is 48.5 Å². The number of benzene rings is 2. The number of carbonyl (C=O) groups is 1. The Kier molecular flexibility index (Phi) is 5.47. The lowest BCUT2D eigenvalue weighted by molar-refractivity contribution is -0.116. The molecule has 2 aromatic carbocycles. The molecule has 29 heavy (non-hydrogen) atoms. The van der Waals surface area contributed by atoms with E-state index in [-0.39, 0.29) is 5.91 Å². The number of aryl methyl sites for hydroxylation is 2. The molecule has 0 saturated carbocycles. The summed E-state index contributed by atoms with van der Waals surface area (Å²) in [7, 11) is 0. The van der Waals surface area contributed by atoms with E-state index in [4.69, 9.17) is 0 Å². The van der Waals surface area contributed by atoms with Gasteiger partial charge in [-0.3, -0.25) is 9.48 Å². The highest BCUT2D eigenvalue weighted by atomic mass is 16.1. The Bertz CT molecular complexity index is 1120. The molecule has 1 amide bonds. The second kappa shape index (κ2) is 8.35. The van der Waals surface area contributed by atoms with Gasteiger partial charge in [0.2, 0.25) is 5.91 Å². The molecule has 0 atom stereocenters. The lowest BCUT2D eigenvalue weighted by Crippen LogP contribution is -2.13. The van der Waals surface area contributed by atoms with Gasteiger partial charge in [-0.05, 0) is 43.9 Å². The first-order chi connectivity index (χ1) is 14.1. The molecule has 5 nitrogen and oxygen atoms in total. The second-order valence-corrected chi connectivity index (χ2v) is 7.45. The first-order valence-corrected chi connectivity index (χ1v) is 10.0. The fourth-order valence-electron chi connectivity index (χ4n) is 3.77. The number of aromatic nitrogens is 3.